The minimum atomic E-state index is 0.0685. The van der Waals surface area contributed by atoms with Gasteiger partial charge in [0.15, 0.2) is 5.58 Å². The molecule has 0 bridgehead atoms. The van der Waals surface area contributed by atoms with Crippen LogP contribution in [0.25, 0.3) is 11.0 Å². The molecule has 2 nitrogen and oxygen atoms in total. The van der Waals surface area contributed by atoms with Gasteiger partial charge in [-0.1, -0.05) is 34.6 Å². The van der Waals surface area contributed by atoms with Crippen molar-refractivity contribution >= 4 is 11.0 Å². The number of fused-ring (bicyclic) bond motifs is 1. The van der Waals surface area contributed by atoms with Crippen LogP contribution >= 0.6 is 0 Å². The molecule has 0 aliphatic heterocycles. The maximum atomic E-state index is 5.67. The smallest absolute Gasteiger partial charge is 0.152 e. The molecule has 0 N–H and O–H groups in total. The van der Waals surface area contributed by atoms with Gasteiger partial charge in [0.25, 0.3) is 0 Å². The van der Waals surface area contributed by atoms with E-state index in [9.17, 15) is 0 Å². The van der Waals surface area contributed by atoms with E-state index in [4.69, 9.17) is 4.42 Å². The summed E-state index contributed by atoms with van der Waals surface area (Å²) in [6.07, 6.45) is 3.54. The molecule has 0 saturated carbocycles. The molecule has 2 heteroatoms. The molecule has 0 saturated heterocycles. The minimum absolute atomic E-state index is 0.0685. The van der Waals surface area contributed by atoms with Crippen molar-refractivity contribution in [2.24, 2.45) is 0 Å². The van der Waals surface area contributed by atoms with Gasteiger partial charge in [0.2, 0.25) is 0 Å². The summed E-state index contributed by atoms with van der Waals surface area (Å²) in [5.74, 6) is 1.01. The van der Waals surface area contributed by atoms with Gasteiger partial charge in [0.05, 0.1) is 6.20 Å². The number of hydrogen-bond acceptors (Lipinski definition) is 2. The third kappa shape index (κ3) is 2.58. The molecule has 0 aliphatic rings. The molecule has 0 aliphatic carbocycles. The number of furan rings is 1. The van der Waals surface area contributed by atoms with Crippen molar-refractivity contribution < 1.29 is 4.42 Å². The molecule has 0 spiro atoms. The normalized spacial score (nSPS) is 11.0. The highest BCUT2D eigenvalue weighted by molar-refractivity contribution is 5.76. The van der Waals surface area contributed by atoms with Gasteiger partial charge in [0, 0.05) is 17.0 Å². The Balaban J connectivity index is 0.000000531. The predicted molar refractivity (Wildman–Crippen MR) is 64.1 cm³/mol. The average molecular weight is 205 g/mol. The molecule has 0 fully saturated rings. The highest BCUT2D eigenvalue weighted by atomic mass is 16.3. The van der Waals surface area contributed by atoms with Crippen LogP contribution in [0.5, 0.6) is 0 Å². The van der Waals surface area contributed by atoms with E-state index in [2.05, 4.69) is 31.8 Å². The maximum Gasteiger partial charge on any atom is 0.152 e. The summed E-state index contributed by atoms with van der Waals surface area (Å²) in [5.41, 5.74) is 0.936. The van der Waals surface area contributed by atoms with Gasteiger partial charge in [-0.3, -0.25) is 4.98 Å². The van der Waals surface area contributed by atoms with Gasteiger partial charge in [-0.2, -0.15) is 0 Å². The van der Waals surface area contributed by atoms with Gasteiger partial charge in [-0.15, -0.1) is 0 Å². The van der Waals surface area contributed by atoms with E-state index in [1.807, 2.05) is 19.9 Å². The molecule has 2 aromatic rings. The van der Waals surface area contributed by atoms with Crippen LogP contribution in [-0.2, 0) is 5.41 Å². The second kappa shape index (κ2) is 4.47. The number of aromatic nitrogens is 1. The van der Waals surface area contributed by atoms with Gasteiger partial charge in [-0.05, 0) is 12.1 Å². The van der Waals surface area contributed by atoms with E-state index in [0.717, 1.165) is 16.7 Å². The van der Waals surface area contributed by atoms with Crippen molar-refractivity contribution in [2.45, 2.75) is 40.0 Å². The molecular weight excluding hydrogens is 186 g/mol. The topological polar surface area (TPSA) is 26.0 Å². The average Bonchev–Trinajstić information content (AvgIpc) is 2.63. The summed E-state index contributed by atoms with van der Waals surface area (Å²) in [7, 11) is 0. The molecule has 0 radical (unpaired) electrons. The van der Waals surface area contributed by atoms with Crippen LogP contribution in [0.1, 0.15) is 40.4 Å². The molecule has 0 amide bonds. The third-order valence-corrected chi connectivity index (χ3v) is 2.06. The minimum Gasteiger partial charge on any atom is -0.459 e. The first-order valence-electron chi connectivity index (χ1n) is 5.41. The fraction of sp³-hybridized carbons (Fsp3) is 0.462. The van der Waals surface area contributed by atoms with Gasteiger partial charge in [-0.25, -0.2) is 0 Å². The van der Waals surface area contributed by atoms with Crippen LogP contribution < -0.4 is 0 Å². The molecule has 0 aromatic carbocycles. The number of rotatable bonds is 0. The van der Waals surface area contributed by atoms with Crippen molar-refractivity contribution in [1.29, 1.82) is 0 Å². The summed E-state index contributed by atoms with van der Waals surface area (Å²) >= 11 is 0. The van der Waals surface area contributed by atoms with E-state index >= 15 is 0 Å². The van der Waals surface area contributed by atoms with Crippen LogP contribution in [0, 0.1) is 0 Å². The third-order valence-electron chi connectivity index (χ3n) is 2.06. The van der Waals surface area contributed by atoms with Gasteiger partial charge in [0.1, 0.15) is 5.76 Å². The second-order valence-corrected chi connectivity index (χ2v) is 4.27. The Labute approximate surface area is 91.3 Å². The fourth-order valence-corrected chi connectivity index (χ4v) is 1.25. The summed E-state index contributed by atoms with van der Waals surface area (Å²) in [6, 6.07) is 4.05. The van der Waals surface area contributed by atoms with E-state index in [1.165, 1.54) is 0 Å². The first-order valence-corrected chi connectivity index (χ1v) is 5.41. The Morgan fingerprint density at radius 3 is 2.40 bits per heavy atom. The zero-order chi connectivity index (χ0) is 11.5. The van der Waals surface area contributed by atoms with Crippen molar-refractivity contribution in [3.63, 3.8) is 0 Å². The van der Waals surface area contributed by atoms with E-state index in [1.54, 1.807) is 12.4 Å². The molecule has 0 unspecified atom stereocenters. The molecule has 2 aromatic heterocycles. The molecule has 2 heterocycles. The van der Waals surface area contributed by atoms with Crippen LogP contribution in [0.4, 0.5) is 0 Å². The lowest BCUT2D eigenvalue weighted by Gasteiger charge is -2.13. The summed E-state index contributed by atoms with van der Waals surface area (Å²) < 4.78 is 5.67. The lowest BCUT2D eigenvalue weighted by molar-refractivity contribution is 0.430. The lowest BCUT2D eigenvalue weighted by atomic mass is 9.93. The summed E-state index contributed by atoms with van der Waals surface area (Å²) in [4.78, 5) is 4.01. The highest BCUT2D eigenvalue weighted by Gasteiger charge is 2.18. The highest BCUT2D eigenvalue weighted by Crippen LogP contribution is 2.28. The molecule has 2 rings (SSSR count). The van der Waals surface area contributed by atoms with Crippen molar-refractivity contribution in [1.82, 2.24) is 4.98 Å². The van der Waals surface area contributed by atoms with Crippen molar-refractivity contribution in [3.05, 3.63) is 30.3 Å². The van der Waals surface area contributed by atoms with Crippen molar-refractivity contribution in [3.8, 4) is 0 Å². The molecule has 82 valence electrons. The first-order chi connectivity index (χ1) is 7.07. The maximum absolute atomic E-state index is 5.67. The van der Waals surface area contributed by atoms with Crippen LogP contribution in [0.3, 0.4) is 0 Å². The van der Waals surface area contributed by atoms with Crippen LogP contribution in [0.2, 0.25) is 0 Å². The first kappa shape index (κ1) is 11.8. The number of nitrogens with zero attached hydrogens (tertiary/aromatic N) is 1. The Hall–Kier alpha value is -1.31. The van der Waals surface area contributed by atoms with E-state index < -0.39 is 0 Å². The monoisotopic (exact) mass is 205 g/mol. The second-order valence-electron chi connectivity index (χ2n) is 4.27. The summed E-state index contributed by atoms with van der Waals surface area (Å²) in [5, 5.41) is 1.12. The van der Waals surface area contributed by atoms with Gasteiger partial charge < -0.3 is 4.42 Å². The molecule has 0 atom stereocenters. The zero-order valence-electron chi connectivity index (χ0n) is 10.2. The largest absolute Gasteiger partial charge is 0.459 e. The molecule has 15 heavy (non-hydrogen) atoms. The standard InChI is InChI=1S/C11H13NO.C2H6/c1-11(2,3)10-6-8-4-5-12-7-9(8)13-10;1-2/h4-7H,1-3H3;1-2H3. The lowest BCUT2D eigenvalue weighted by Crippen LogP contribution is -2.08. The van der Waals surface area contributed by atoms with Crippen molar-refractivity contribution in [2.75, 3.05) is 0 Å². The zero-order valence-corrected chi connectivity index (χ0v) is 10.2. The number of pyridine rings is 1. The predicted octanol–water partition coefficient (Wildman–Crippen LogP) is 4.15. The number of hydrogen-bond donors (Lipinski definition) is 0. The Morgan fingerprint density at radius 2 is 1.87 bits per heavy atom. The van der Waals surface area contributed by atoms with E-state index in [0.29, 0.717) is 0 Å². The fourth-order valence-electron chi connectivity index (χ4n) is 1.25. The SMILES string of the molecule is CC.CC(C)(C)c1cc2ccncc2o1. The quantitative estimate of drug-likeness (QED) is 0.645. The Kier molecular flexibility index (Phi) is 3.51. The van der Waals surface area contributed by atoms with Crippen LogP contribution in [0.15, 0.2) is 28.9 Å². The van der Waals surface area contributed by atoms with Gasteiger partial charge >= 0.3 is 0 Å². The Bertz CT molecular complexity index is 390. The Morgan fingerprint density at radius 1 is 1.20 bits per heavy atom. The summed E-state index contributed by atoms with van der Waals surface area (Å²) in [6.45, 7) is 10.4. The van der Waals surface area contributed by atoms with Crippen LogP contribution in [-0.4, -0.2) is 4.98 Å². The molecular formula is C13H19NO. The van der Waals surface area contributed by atoms with E-state index in [-0.39, 0.29) is 5.41 Å².